The Hall–Kier alpha value is -2.50. The average Bonchev–Trinajstić information content (AvgIpc) is 3.91. The van der Waals surface area contributed by atoms with Crippen molar-refractivity contribution in [3.8, 4) is 17.2 Å². The molecule has 2 saturated carbocycles. The zero-order valence-electron chi connectivity index (χ0n) is 29.1. The van der Waals surface area contributed by atoms with Gasteiger partial charge in [-0.05, 0) is 95.1 Å². The average molecular weight is 766 g/mol. The number of benzene rings is 3. The van der Waals surface area contributed by atoms with Crippen LogP contribution in [-0.4, -0.2) is 51.7 Å². The first-order valence-electron chi connectivity index (χ1n) is 17.8. The van der Waals surface area contributed by atoms with Gasteiger partial charge in [0.15, 0.2) is 8.32 Å². The van der Waals surface area contributed by atoms with Crippen LogP contribution in [0.5, 0.6) is 17.2 Å². The molecular weight excluding hydrogens is 716 g/mol. The van der Waals surface area contributed by atoms with Crippen LogP contribution in [0.2, 0.25) is 19.1 Å². The molecule has 7 rings (SSSR count). The van der Waals surface area contributed by atoms with Crippen molar-refractivity contribution in [2.24, 2.45) is 11.1 Å². The van der Waals surface area contributed by atoms with Crippen LogP contribution in [0.3, 0.4) is 0 Å². The van der Waals surface area contributed by atoms with E-state index < -0.39 is 8.32 Å². The molecule has 4 aliphatic rings. The molecule has 0 unspecified atom stereocenters. The van der Waals surface area contributed by atoms with Gasteiger partial charge in [0.2, 0.25) is 0 Å². The van der Waals surface area contributed by atoms with Gasteiger partial charge >= 0.3 is 0 Å². The summed E-state index contributed by atoms with van der Waals surface area (Å²) in [5, 5.41) is 8.94. The van der Waals surface area contributed by atoms with Gasteiger partial charge in [-0.2, -0.15) is 11.8 Å². The first-order valence-corrected chi connectivity index (χ1v) is 22.7. The number of hydrogen-bond donors (Lipinski definition) is 1. The summed E-state index contributed by atoms with van der Waals surface area (Å²) in [6.45, 7) is 9.56. The molecule has 2 aliphatic carbocycles. The second kappa shape index (κ2) is 15.0. The molecule has 2 fully saturated rings. The van der Waals surface area contributed by atoms with E-state index >= 15 is 0 Å². The summed E-state index contributed by atoms with van der Waals surface area (Å²) in [6.07, 6.45) is 4.89. The number of rotatable bonds is 14. The van der Waals surface area contributed by atoms with E-state index in [-0.39, 0.29) is 22.8 Å². The summed E-state index contributed by atoms with van der Waals surface area (Å²) < 4.78 is 26.7. The molecular formula is C39H49BrN2O5SSi. The summed E-state index contributed by atoms with van der Waals surface area (Å²) in [7, 11) is -0.0300. The Morgan fingerprint density at radius 3 is 2.57 bits per heavy atom. The normalized spacial score (nSPS) is 25.2. The van der Waals surface area contributed by atoms with Gasteiger partial charge in [0.05, 0.1) is 24.8 Å². The van der Waals surface area contributed by atoms with Crippen LogP contribution in [0.4, 0.5) is 0 Å². The Balaban J connectivity index is 1.25. The van der Waals surface area contributed by atoms with Crippen molar-refractivity contribution in [2.45, 2.75) is 99.9 Å². The van der Waals surface area contributed by atoms with Crippen LogP contribution in [0.15, 0.2) is 70.3 Å². The highest BCUT2D eigenvalue weighted by molar-refractivity contribution is 9.10. The van der Waals surface area contributed by atoms with E-state index in [0.29, 0.717) is 19.1 Å². The molecule has 262 valence electrons. The highest BCUT2D eigenvalue weighted by atomic mass is 79.9. The van der Waals surface area contributed by atoms with Crippen molar-refractivity contribution in [2.75, 3.05) is 20.3 Å². The Labute approximate surface area is 305 Å². The number of methoxy groups -OCH3 is 1. The summed E-state index contributed by atoms with van der Waals surface area (Å²) in [6, 6.07) is 22.3. The van der Waals surface area contributed by atoms with Crippen LogP contribution < -0.4 is 19.5 Å². The SMILES string of the molecule is CC[Si](C)(C)OC[C@@H]1C[C@@]23c4c(cc(OCC5CC5)c(Br)c4O[C@@H]2CC(=NOCc2ccccc2)C[C@H]3SCc2ccc(OC)cc2)CN1. The minimum atomic E-state index is -1.74. The van der Waals surface area contributed by atoms with Crippen molar-refractivity contribution in [1.29, 1.82) is 0 Å². The van der Waals surface area contributed by atoms with Crippen LogP contribution in [0.25, 0.3) is 0 Å². The highest BCUT2D eigenvalue weighted by Gasteiger charge is 2.60. The minimum absolute atomic E-state index is 0.0868. The van der Waals surface area contributed by atoms with Gasteiger partial charge in [0.1, 0.15) is 34.4 Å². The fourth-order valence-corrected chi connectivity index (χ4v) is 10.3. The number of halogens is 1. The second-order valence-corrected chi connectivity index (χ2v) is 21.1. The van der Waals surface area contributed by atoms with Crippen LogP contribution in [-0.2, 0) is 33.6 Å². The number of nitrogens with one attached hydrogen (secondary N) is 1. The van der Waals surface area contributed by atoms with Crippen molar-refractivity contribution in [1.82, 2.24) is 5.32 Å². The van der Waals surface area contributed by atoms with Gasteiger partial charge < -0.3 is 28.8 Å². The quantitative estimate of drug-likeness (QED) is 0.130. The molecule has 4 atom stereocenters. The molecule has 1 spiro atoms. The maximum absolute atomic E-state index is 7.14. The minimum Gasteiger partial charge on any atom is -0.497 e. The van der Waals surface area contributed by atoms with Crippen LogP contribution in [0, 0.1) is 5.92 Å². The standard InChI is InChI=1S/C39H49BrN2O5SSi/c1-5-49(3,4)46-24-31-20-39-34(47-38-36(39)29(21-41-31)17-33(37(38)40)44-22-27-11-12-27)18-30(42-45-23-26-9-7-6-8-10-26)19-35(39)48-25-28-13-15-32(43-2)16-14-28/h6-10,13-17,27,31,34-35,41H,5,11-12,18-25H2,1-4H3/t31-,34+,35+,39+/m0/s1. The molecule has 3 aromatic carbocycles. The van der Waals surface area contributed by atoms with Gasteiger partial charge in [-0.15, -0.1) is 0 Å². The van der Waals surface area contributed by atoms with Crippen LogP contribution >= 0.6 is 27.7 Å². The number of oxime groups is 1. The Morgan fingerprint density at radius 2 is 1.84 bits per heavy atom. The predicted octanol–water partition coefficient (Wildman–Crippen LogP) is 9.02. The predicted molar refractivity (Wildman–Crippen MR) is 204 cm³/mol. The van der Waals surface area contributed by atoms with E-state index in [0.717, 1.165) is 77.2 Å². The Bertz CT molecular complexity index is 1640. The highest BCUT2D eigenvalue weighted by Crippen LogP contribution is 2.61. The lowest BCUT2D eigenvalue weighted by atomic mass is 9.64. The summed E-state index contributed by atoms with van der Waals surface area (Å²) >= 11 is 6.00. The molecule has 2 heterocycles. The fraction of sp³-hybridized carbons (Fsp3) is 0.513. The number of thioether (sulfide) groups is 1. The number of hydrogen-bond acceptors (Lipinski definition) is 8. The third-order valence-corrected chi connectivity index (χ3v) is 15.6. The monoisotopic (exact) mass is 764 g/mol. The molecule has 0 aromatic heterocycles. The molecule has 3 aromatic rings. The fourth-order valence-electron chi connectivity index (χ4n) is 7.33. The lowest BCUT2D eigenvalue weighted by molar-refractivity contribution is 0.102. The molecule has 0 saturated heterocycles. The van der Waals surface area contributed by atoms with Gasteiger partial charge in [-0.25, -0.2) is 0 Å². The van der Waals surface area contributed by atoms with Gasteiger partial charge in [-0.1, -0.05) is 54.5 Å². The zero-order chi connectivity index (χ0) is 34.0. The maximum Gasteiger partial charge on any atom is 0.186 e. The molecule has 2 aliphatic heterocycles. The lowest BCUT2D eigenvalue weighted by Crippen LogP contribution is -2.55. The number of nitrogens with zero attached hydrogens (tertiary/aromatic N) is 1. The van der Waals surface area contributed by atoms with Gasteiger partial charge in [0.25, 0.3) is 0 Å². The van der Waals surface area contributed by atoms with Gasteiger partial charge in [0, 0.05) is 48.6 Å². The second-order valence-electron chi connectivity index (χ2n) is 14.6. The summed E-state index contributed by atoms with van der Waals surface area (Å²) in [4.78, 5) is 6.02. The van der Waals surface area contributed by atoms with Gasteiger partial charge in [-0.3, -0.25) is 0 Å². The Kier molecular flexibility index (Phi) is 10.7. The largest absolute Gasteiger partial charge is 0.497 e. The molecule has 0 radical (unpaired) electrons. The third-order valence-electron chi connectivity index (χ3n) is 10.7. The molecule has 1 N–H and O–H groups in total. The van der Waals surface area contributed by atoms with E-state index in [9.17, 15) is 0 Å². The van der Waals surface area contributed by atoms with Crippen molar-refractivity contribution in [3.63, 3.8) is 0 Å². The summed E-state index contributed by atoms with van der Waals surface area (Å²) in [5.74, 6) is 4.24. The molecule has 7 nitrogen and oxygen atoms in total. The lowest BCUT2D eigenvalue weighted by Gasteiger charge is -2.46. The van der Waals surface area contributed by atoms with E-state index in [4.69, 9.17) is 28.6 Å². The van der Waals surface area contributed by atoms with Crippen molar-refractivity contribution in [3.05, 3.63) is 87.4 Å². The van der Waals surface area contributed by atoms with Crippen molar-refractivity contribution >= 4 is 41.7 Å². The van der Waals surface area contributed by atoms with Crippen LogP contribution in [0.1, 0.15) is 61.3 Å². The topological polar surface area (TPSA) is 70.5 Å². The first kappa shape index (κ1) is 34.9. The first-order chi connectivity index (χ1) is 23.8. The maximum atomic E-state index is 7.14. The smallest absolute Gasteiger partial charge is 0.186 e. The zero-order valence-corrected chi connectivity index (χ0v) is 32.5. The number of ether oxygens (including phenoxy) is 3. The molecule has 10 heteroatoms. The molecule has 0 amide bonds. The van der Waals surface area contributed by atoms with E-state index in [1.165, 1.54) is 29.5 Å². The molecule has 49 heavy (non-hydrogen) atoms. The Morgan fingerprint density at radius 1 is 1.04 bits per heavy atom. The summed E-state index contributed by atoms with van der Waals surface area (Å²) in [5.41, 5.74) is 5.80. The molecule has 0 bridgehead atoms. The van der Waals surface area contributed by atoms with E-state index in [1.54, 1.807) is 7.11 Å². The van der Waals surface area contributed by atoms with E-state index in [1.807, 2.05) is 30.0 Å². The van der Waals surface area contributed by atoms with E-state index in [2.05, 4.69) is 83.7 Å². The third kappa shape index (κ3) is 7.73. The van der Waals surface area contributed by atoms with Crippen molar-refractivity contribution < 1.29 is 23.5 Å².